The lowest BCUT2D eigenvalue weighted by molar-refractivity contribution is -0.133. The zero-order valence-electron chi connectivity index (χ0n) is 16.0. The molecule has 0 saturated carbocycles. The number of carbonyl (C=O) groups is 1. The van der Waals surface area contributed by atoms with E-state index in [1.165, 1.54) is 18.4 Å². The summed E-state index contributed by atoms with van der Waals surface area (Å²) >= 11 is 0. The molecule has 146 valence electrons. The average molecular weight is 370 g/mol. The van der Waals surface area contributed by atoms with Crippen molar-refractivity contribution in [3.8, 4) is 0 Å². The van der Waals surface area contributed by atoms with Crippen LogP contribution in [0.15, 0.2) is 30.1 Å². The summed E-state index contributed by atoms with van der Waals surface area (Å²) in [5.41, 5.74) is 1.39. The largest absolute Gasteiger partial charge is 0.396 e. The molecule has 2 fully saturated rings. The first-order chi connectivity index (χ1) is 13.2. The molecule has 2 saturated heterocycles. The van der Waals surface area contributed by atoms with Crippen LogP contribution < -0.4 is 4.90 Å². The first-order valence-corrected chi connectivity index (χ1v) is 10.3. The molecule has 2 aliphatic heterocycles. The molecule has 6 heteroatoms. The van der Waals surface area contributed by atoms with Crippen molar-refractivity contribution in [2.45, 2.75) is 44.9 Å². The predicted octanol–water partition coefficient (Wildman–Crippen LogP) is 2.40. The van der Waals surface area contributed by atoms with Crippen LogP contribution in [-0.2, 0) is 4.79 Å². The Kier molecular flexibility index (Phi) is 5.43. The van der Waals surface area contributed by atoms with Crippen LogP contribution in [0.25, 0.3) is 0 Å². The normalized spacial score (nSPS) is 24.9. The van der Waals surface area contributed by atoms with E-state index in [-0.39, 0.29) is 23.8 Å². The van der Waals surface area contributed by atoms with Gasteiger partial charge in [0.15, 0.2) is 0 Å². The third kappa shape index (κ3) is 3.86. The van der Waals surface area contributed by atoms with E-state index in [1.807, 2.05) is 11.0 Å². The van der Waals surface area contributed by atoms with Crippen molar-refractivity contribution < 1.29 is 9.90 Å². The summed E-state index contributed by atoms with van der Waals surface area (Å²) in [6.45, 7) is 3.44. The van der Waals surface area contributed by atoms with Gasteiger partial charge >= 0.3 is 0 Å². The second-order valence-electron chi connectivity index (χ2n) is 8.34. The van der Waals surface area contributed by atoms with Gasteiger partial charge in [-0.25, -0.2) is 9.97 Å². The van der Waals surface area contributed by atoms with E-state index in [0.717, 1.165) is 57.8 Å². The van der Waals surface area contributed by atoms with Crippen molar-refractivity contribution in [1.82, 2.24) is 14.9 Å². The smallest absolute Gasteiger partial charge is 0.226 e. The van der Waals surface area contributed by atoms with Crippen molar-refractivity contribution in [2.24, 2.45) is 11.3 Å². The van der Waals surface area contributed by atoms with E-state index < -0.39 is 0 Å². The van der Waals surface area contributed by atoms with E-state index >= 15 is 0 Å². The van der Waals surface area contributed by atoms with Crippen LogP contribution in [0, 0.1) is 11.3 Å². The minimum Gasteiger partial charge on any atom is -0.396 e. The maximum Gasteiger partial charge on any atom is 0.226 e. The van der Waals surface area contributed by atoms with Gasteiger partial charge < -0.3 is 14.9 Å². The zero-order chi connectivity index (χ0) is 18.7. The fourth-order valence-corrected chi connectivity index (χ4v) is 5.03. The molecule has 0 aromatic carbocycles. The number of hydrogen-bond donors (Lipinski definition) is 1. The van der Waals surface area contributed by atoms with Crippen molar-refractivity contribution >= 4 is 11.9 Å². The van der Waals surface area contributed by atoms with Gasteiger partial charge in [0.1, 0.15) is 0 Å². The number of hydrogen-bond acceptors (Lipinski definition) is 5. The Balaban J connectivity index is 1.38. The molecule has 3 aliphatic rings. The Morgan fingerprint density at radius 3 is 2.67 bits per heavy atom. The molecule has 1 unspecified atom stereocenters. The number of aliphatic hydroxyl groups excluding tert-OH is 1. The summed E-state index contributed by atoms with van der Waals surface area (Å²) in [7, 11) is 0. The molecule has 1 aromatic heterocycles. The highest BCUT2D eigenvalue weighted by atomic mass is 16.3. The van der Waals surface area contributed by atoms with Gasteiger partial charge in [-0.1, -0.05) is 11.6 Å². The number of rotatable bonds is 4. The number of likely N-dealkylation sites (tertiary alicyclic amines) is 1. The Morgan fingerprint density at radius 1 is 1.22 bits per heavy atom. The molecule has 1 spiro atoms. The maximum atomic E-state index is 12.7. The molecule has 3 heterocycles. The van der Waals surface area contributed by atoms with Gasteiger partial charge in [0, 0.05) is 57.5 Å². The lowest BCUT2D eigenvalue weighted by Crippen LogP contribution is -2.47. The molecular weight excluding hydrogens is 340 g/mol. The van der Waals surface area contributed by atoms with Gasteiger partial charge in [-0.05, 0) is 50.0 Å². The van der Waals surface area contributed by atoms with Gasteiger partial charge in [0.25, 0.3) is 0 Å². The minimum absolute atomic E-state index is 0.0643. The first-order valence-electron chi connectivity index (χ1n) is 10.3. The van der Waals surface area contributed by atoms with Crippen LogP contribution in [0.5, 0.6) is 0 Å². The van der Waals surface area contributed by atoms with Crippen LogP contribution in [-0.4, -0.2) is 58.7 Å². The monoisotopic (exact) mass is 370 g/mol. The summed E-state index contributed by atoms with van der Waals surface area (Å²) in [5, 5.41) is 9.98. The third-order valence-electron chi connectivity index (χ3n) is 6.74. The highest BCUT2D eigenvalue weighted by molar-refractivity contribution is 5.78. The molecule has 27 heavy (non-hydrogen) atoms. The van der Waals surface area contributed by atoms with Crippen LogP contribution >= 0.6 is 0 Å². The number of piperidine rings is 1. The molecule has 1 N–H and O–H groups in total. The molecule has 6 nitrogen and oxygen atoms in total. The van der Waals surface area contributed by atoms with E-state index in [2.05, 4.69) is 20.9 Å². The van der Waals surface area contributed by atoms with E-state index in [0.29, 0.717) is 6.42 Å². The van der Waals surface area contributed by atoms with E-state index in [1.54, 1.807) is 12.4 Å². The molecule has 4 rings (SSSR count). The lowest BCUT2D eigenvalue weighted by atomic mass is 9.71. The molecular formula is C21H30N4O2. The number of anilines is 1. The van der Waals surface area contributed by atoms with Gasteiger partial charge in [-0.15, -0.1) is 0 Å². The van der Waals surface area contributed by atoms with Gasteiger partial charge in [0.05, 0.1) is 0 Å². The maximum absolute atomic E-state index is 12.7. The quantitative estimate of drug-likeness (QED) is 0.824. The number of aliphatic hydroxyl groups is 1. The second kappa shape index (κ2) is 7.97. The van der Waals surface area contributed by atoms with Crippen molar-refractivity contribution in [1.29, 1.82) is 0 Å². The Bertz CT molecular complexity index is 683. The number of nitrogens with zero attached hydrogens (tertiary/aromatic N) is 4. The highest BCUT2D eigenvalue weighted by Crippen LogP contribution is 2.45. The Labute approximate surface area is 161 Å². The summed E-state index contributed by atoms with van der Waals surface area (Å²) in [6.07, 6.45) is 13.0. The lowest BCUT2D eigenvalue weighted by Gasteiger charge is -2.42. The fraction of sp³-hybridized carbons (Fsp3) is 0.667. The van der Waals surface area contributed by atoms with Crippen molar-refractivity contribution in [3.05, 3.63) is 30.1 Å². The summed E-state index contributed by atoms with van der Waals surface area (Å²) < 4.78 is 0. The standard InChI is InChI=1S/C21H30N4O2/c26-15-18-14-25(20-22-9-4-10-23-20)16-21(18)7-11-24(12-8-21)19(27)13-17-5-2-1-3-6-17/h4-5,9-10,18,26H,1-3,6-8,11-16H2. The molecule has 1 atom stereocenters. The van der Waals surface area contributed by atoms with Crippen LogP contribution in [0.1, 0.15) is 44.9 Å². The van der Waals surface area contributed by atoms with Crippen LogP contribution in [0.2, 0.25) is 0 Å². The molecule has 1 amide bonds. The Morgan fingerprint density at radius 2 is 2.00 bits per heavy atom. The van der Waals surface area contributed by atoms with Gasteiger partial charge in [-0.2, -0.15) is 0 Å². The predicted molar refractivity (Wildman–Crippen MR) is 104 cm³/mol. The topological polar surface area (TPSA) is 69.6 Å². The zero-order valence-corrected chi connectivity index (χ0v) is 16.0. The number of carbonyl (C=O) groups excluding carboxylic acids is 1. The highest BCUT2D eigenvalue weighted by Gasteiger charge is 2.48. The SMILES string of the molecule is O=C(CC1=CCCCC1)N1CCC2(CC1)CN(c1ncccn1)CC2CO. The molecule has 0 radical (unpaired) electrons. The van der Waals surface area contributed by atoms with Crippen LogP contribution in [0.3, 0.4) is 0 Å². The summed E-state index contributed by atoms with van der Waals surface area (Å²) in [5.74, 6) is 1.25. The fourth-order valence-electron chi connectivity index (χ4n) is 5.03. The Hall–Kier alpha value is -1.95. The minimum atomic E-state index is 0.0643. The summed E-state index contributed by atoms with van der Waals surface area (Å²) in [4.78, 5) is 25.7. The molecule has 0 bridgehead atoms. The molecule has 1 aliphatic carbocycles. The summed E-state index contributed by atoms with van der Waals surface area (Å²) in [6, 6.07) is 1.82. The molecule has 1 aromatic rings. The first kappa shape index (κ1) is 18.4. The number of aromatic nitrogens is 2. The average Bonchev–Trinajstić information content (AvgIpc) is 3.08. The van der Waals surface area contributed by atoms with E-state index in [9.17, 15) is 9.90 Å². The second-order valence-corrected chi connectivity index (χ2v) is 8.34. The number of allylic oxidation sites excluding steroid dienone is 1. The van der Waals surface area contributed by atoms with Gasteiger partial charge in [-0.3, -0.25) is 4.79 Å². The van der Waals surface area contributed by atoms with Crippen LogP contribution in [0.4, 0.5) is 5.95 Å². The number of amides is 1. The van der Waals surface area contributed by atoms with Crippen molar-refractivity contribution in [2.75, 3.05) is 37.7 Å². The van der Waals surface area contributed by atoms with E-state index in [4.69, 9.17) is 0 Å². The van der Waals surface area contributed by atoms with Gasteiger partial charge in [0.2, 0.25) is 11.9 Å². The van der Waals surface area contributed by atoms with Crippen molar-refractivity contribution in [3.63, 3.8) is 0 Å². The third-order valence-corrected chi connectivity index (χ3v) is 6.74.